The fraction of sp³-hybridized carbons (Fsp3) is 0.273. The molecule has 2 aromatic carbocycles. The number of rotatable bonds is 7. The largest absolute Gasteiger partial charge is 0.487 e. The van der Waals surface area contributed by atoms with Crippen molar-refractivity contribution in [2.45, 2.75) is 17.4 Å². The molecule has 0 radical (unpaired) electrons. The highest BCUT2D eigenvalue weighted by molar-refractivity contribution is 7.90. The zero-order valence-electron chi connectivity index (χ0n) is 17.8. The van der Waals surface area contributed by atoms with Gasteiger partial charge in [0, 0.05) is 44.7 Å². The molecule has 1 aliphatic heterocycles. The average Bonchev–Trinajstić information content (AvgIpc) is 3.33. The standard InChI is InChI=1S/C22H22N2O7S/c1-24-9-8-21(23-24)31-22(25)14-10-19(18-12-16(13-28-2)30-20(18)11-14)29-15-4-6-17(7-5-15)32(3,26)27/h4-11,16H,12-13H2,1-3H3. The van der Waals surface area contributed by atoms with E-state index in [-0.39, 0.29) is 22.4 Å². The summed E-state index contributed by atoms with van der Waals surface area (Å²) in [4.78, 5) is 12.9. The van der Waals surface area contributed by atoms with E-state index >= 15 is 0 Å². The van der Waals surface area contributed by atoms with Crippen LogP contribution in [0.15, 0.2) is 53.6 Å². The van der Waals surface area contributed by atoms with Crippen LogP contribution in [0.2, 0.25) is 0 Å². The molecular formula is C22H22N2O7S. The van der Waals surface area contributed by atoms with E-state index in [1.807, 2.05) is 0 Å². The first kappa shape index (κ1) is 21.8. The van der Waals surface area contributed by atoms with Crippen LogP contribution >= 0.6 is 0 Å². The number of hydrogen-bond acceptors (Lipinski definition) is 8. The molecule has 3 aromatic rings. The fourth-order valence-electron chi connectivity index (χ4n) is 3.35. The number of nitrogens with zero attached hydrogens (tertiary/aromatic N) is 2. The summed E-state index contributed by atoms with van der Waals surface area (Å²) in [6.07, 6.45) is 3.13. The van der Waals surface area contributed by atoms with Crippen LogP contribution in [0.1, 0.15) is 15.9 Å². The molecule has 168 valence electrons. The van der Waals surface area contributed by atoms with E-state index in [0.717, 1.165) is 11.8 Å². The molecule has 32 heavy (non-hydrogen) atoms. The van der Waals surface area contributed by atoms with E-state index in [2.05, 4.69) is 5.10 Å². The molecule has 1 aromatic heterocycles. The first-order valence-corrected chi connectivity index (χ1v) is 11.6. The Labute approximate surface area is 185 Å². The van der Waals surface area contributed by atoms with E-state index in [4.69, 9.17) is 18.9 Å². The van der Waals surface area contributed by atoms with Gasteiger partial charge in [0.05, 0.1) is 17.1 Å². The van der Waals surface area contributed by atoms with Gasteiger partial charge < -0.3 is 18.9 Å². The number of fused-ring (bicyclic) bond motifs is 1. The van der Waals surface area contributed by atoms with Gasteiger partial charge in [0.25, 0.3) is 0 Å². The van der Waals surface area contributed by atoms with Gasteiger partial charge in [-0.3, -0.25) is 4.68 Å². The van der Waals surface area contributed by atoms with Gasteiger partial charge in [0.2, 0.25) is 5.88 Å². The summed E-state index contributed by atoms with van der Waals surface area (Å²) < 4.78 is 47.4. The lowest BCUT2D eigenvalue weighted by Gasteiger charge is -2.12. The van der Waals surface area contributed by atoms with Crippen molar-refractivity contribution < 1.29 is 32.2 Å². The summed E-state index contributed by atoms with van der Waals surface area (Å²) in [6, 6.07) is 10.8. The maximum absolute atomic E-state index is 12.7. The number of ether oxygens (including phenoxy) is 4. The molecule has 1 unspecified atom stereocenters. The first-order chi connectivity index (χ1) is 15.2. The van der Waals surface area contributed by atoms with Crippen molar-refractivity contribution in [3.05, 3.63) is 59.8 Å². The monoisotopic (exact) mass is 458 g/mol. The van der Waals surface area contributed by atoms with Crippen molar-refractivity contribution >= 4 is 15.8 Å². The first-order valence-electron chi connectivity index (χ1n) is 9.75. The van der Waals surface area contributed by atoms with E-state index < -0.39 is 15.8 Å². The highest BCUT2D eigenvalue weighted by Crippen LogP contribution is 2.40. The lowest BCUT2D eigenvalue weighted by Crippen LogP contribution is -2.19. The van der Waals surface area contributed by atoms with E-state index in [0.29, 0.717) is 30.3 Å². The van der Waals surface area contributed by atoms with Crippen molar-refractivity contribution in [1.29, 1.82) is 0 Å². The smallest absolute Gasteiger partial charge is 0.345 e. The number of benzene rings is 2. The van der Waals surface area contributed by atoms with Gasteiger partial charge in [-0.05, 0) is 36.4 Å². The average molecular weight is 458 g/mol. The molecule has 4 rings (SSSR count). The van der Waals surface area contributed by atoms with Crippen LogP contribution in [0.25, 0.3) is 0 Å². The summed E-state index contributed by atoms with van der Waals surface area (Å²) >= 11 is 0. The third-order valence-corrected chi connectivity index (χ3v) is 5.98. The zero-order chi connectivity index (χ0) is 22.9. The lowest BCUT2D eigenvalue weighted by molar-refractivity contribution is 0.0724. The second-order valence-electron chi connectivity index (χ2n) is 7.41. The molecule has 0 fully saturated rings. The minimum atomic E-state index is -3.32. The van der Waals surface area contributed by atoms with E-state index in [9.17, 15) is 13.2 Å². The zero-order valence-corrected chi connectivity index (χ0v) is 18.6. The van der Waals surface area contributed by atoms with Gasteiger partial charge in [-0.25, -0.2) is 13.2 Å². The van der Waals surface area contributed by atoms with Crippen LogP contribution in [0, 0.1) is 0 Å². The highest BCUT2D eigenvalue weighted by atomic mass is 32.2. The van der Waals surface area contributed by atoms with Crippen molar-refractivity contribution in [2.75, 3.05) is 20.0 Å². The Hall–Kier alpha value is -3.37. The molecule has 0 N–H and O–H groups in total. The minimum Gasteiger partial charge on any atom is -0.487 e. The molecule has 0 spiro atoms. The number of aryl methyl sites for hydroxylation is 1. The van der Waals surface area contributed by atoms with Crippen LogP contribution in [-0.2, 0) is 28.0 Å². The molecule has 0 saturated heterocycles. The number of carbonyl (C=O) groups excluding carboxylic acids is 1. The van der Waals surface area contributed by atoms with Crippen molar-refractivity contribution in [2.24, 2.45) is 7.05 Å². The summed E-state index contributed by atoms with van der Waals surface area (Å²) in [6.45, 7) is 0.380. The Morgan fingerprint density at radius 3 is 2.59 bits per heavy atom. The van der Waals surface area contributed by atoms with E-state index in [1.165, 1.54) is 16.8 Å². The fourth-order valence-corrected chi connectivity index (χ4v) is 3.98. The summed E-state index contributed by atoms with van der Waals surface area (Å²) in [7, 11) is -0.0141. The Kier molecular flexibility index (Phi) is 5.90. The lowest BCUT2D eigenvalue weighted by atomic mass is 10.1. The number of esters is 1. The number of aromatic nitrogens is 2. The van der Waals surface area contributed by atoms with Gasteiger partial charge in [-0.2, -0.15) is 0 Å². The van der Waals surface area contributed by atoms with Crippen molar-refractivity contribution in [3.8, 4) is 23.1 Å². The minimum absolute atomic E-state index is 0.176. The highest BCUT2D eigenvalue weighted by Gasteiger charge is 2.29. The Morgan fingerprint density at radius 2 is 1.97 bits per heavy atom. The normalized spacial score (nSPS) is 15.2. The summed E-state index contributed by atoms with van der Waals surface area (Å²) in [5.41, 5.74) is 1.02. The Bertz CT molecular complexity index is 1250. The van der Waals surface area contributed by atoms with Crippen LogP contribution in [0.3, 0.4) is 0 Å². The van der Waals surface area contributed by atoms with Gasteiger partial charge in [-0.1, -0.05) is 0 Å². The predicted molar refractivity (Wildman–Crippen MR) is 114 cm³/mol. The molecule has 0 amide bonds. The second-order valence-corrected chi connectivity index (χ2v) is 9.43. The molecule has 1 aliphatic rings. The predicted octanol–water partition coefficient (Wildman–Crippen LogP) is 2.79. The molecule has 1 atom stereocenters. The third-order valence-electron chi connectivity index (χ3n) is 4.85. The van der Waals surface area contributed by atoms with Gasteiger partial charge in [0.1, 0.15) is 23.4 Å². The van der Waals surface area contributed by atoms with Gasteiger partial charge in [-0.15, -0.1) is 5.10 Å². The summed E-state index contributed by atoms with van der Waals surface area (Å²) in [5.74, 6) is 0.911. The number of hydrogen-bond donors (Lipinski definition) is 0. The molecule has 0 aliphatic carbocycles. The van der Waals surface area contributed by atoms with E-state index in [1.54, 1.807) is 50.7 Å². The van der Waals surface area contributed by atoms with Crippen LogP contribution in [0.4, 0.5) is 0 Å². The van der Waals surface area contributed by atoms with Crippen LogP contribution in [0.5, 0.6) is 23.1 Å². The molecule has 0 saturated carbocycles. The Morgan fingerprint density at radius 1 is 1.22 bits per heavy atom. The maximum atomic E-state index is 12.7. The summed E-state index contributed by atoms with van der Waals surface area (Å²) in [5, 5.41) is 4.05. The third kappa shape index (κ3) is 4.76. The molecule has 9 nitrogen and oxygen atoms in total. The van der Waals surface area contributed by atoms with Crippen molar-refractivity contribution in [1.82, 2.24) is 9.78 Å². The van der Waals surface area contributed by atoms with Gasteiger partial charge >= 0.3 is 5.97 Å². The molecule has 10 heteroatoms. The van der Waals surface area contributed by atoms with Crippen LogP contribution < -0.4 is 14.2 Å². The second kappa shape index (κ2) is 8.64. The number of carbonyl (C=O) groups is 1. The molecule has 0 bridgehead atoms. The maximum Gasteiger partial charge on any atom is 0.345 e. The van der Waals surface area contributed by atoms with Crippen molar-refractivity contribution in [3.63, 3.8) is 0 Å². The SMILES string of the molecule is COCC1Cc2c(Oc3ccc(S(C)(=O)=O)cc3)cc(C(=O)Oc3ccn(C)n3)cc2O1. The van der Waals surface area contributed by atoms with Gasteiger partial charge in [0.15, 0.2) is 9.84 Å². The number of methoxy groups -OCH3 is 1. The molecule has 2 heterocycles. The number of sulfone groups is 1. The molecular weight excluding hydrogens is 436 g/mol. The van der Waals surface area contributed by atoms with Crippen LogP contribution in [-0.4, -0.2) is 50.2 Å². The topological polar surface area (TPSA) is 106 Å². The quantitative estimate of drug-likeness (QED) is 0.498. The Balaban J connectivity index is 1.65.